The lowest BCUT2D eigenvalue weighted by molar-refractivity contribution is 0.262. The van der Waals surface area contributed by atoms with E-state index in [1.165, 1.54) is 19.3 Å². The molecule has 0 radical (unpaired) electrons. The molecule has 74 valence electrons. The van der Waals surface area contributed by atoms with Crippen LogP contribution >= 0.6 is 0 Å². The largest absolute Gasteiger partial charge is 0.311 e. The Morgan fingerprint density at radius 2 is 1.75 bits per heavy atom. The lowest BCUT2D eigenvalue weighted by Crippen LogP contribution is -2.42. The molecule has 3 unspecified atom stereocenters. The van der Waals surface area contributed by atoms with Crippen molar-refractivity contribution in [3.8, 4) is 0 Å². The zero-order chi connectivity index (χ0) is 9.56. The standard InChI is InChI=1S/C9H19N.C2H6/c1-4-9-6-7(2)5-8(3)10-9;1-2/h7-10H,4-6H2,1-3H3;1-2H3. The van der Waals surface area contributed by atoms with Crippen LogP contribution in [0.5, 0.6) is 0 Å². The van der Waals surface area contributed by atoms with Crippen molar-refractivity contribution in [3.05, 3.63) is 0 Å². The van der Waals surface area contributed by atoms with Crippen molar-refractivity contribution < 1.29 is 0 Å². The molecule has 0 aromatic carbocycles. The van der Waals surface area contributed by atoms with Gasteiger partial charge in [-0.25, -0.2) is 0 Å². The third-order valence-corrected chi connectivity index (χ3v) is 2.46. The van der Waals surface area contributed by atoms with Crippen molar-refractivity contribution in [2.75, 3.05) is 0 Å². The molecule has 1 rings (SSSR count). The van der Waals surface area contributed by atoms with Gasteiger partial charge in [-0.2, -0.15) is 0 Å². The molecule has 0 amide bonds. The van der Waals surface area contributed by atoms with Gasteiger partial charge in [0.2, 0.25) is 0 Å². The average molecular weight is 171 g/mol. The molecule has 0 bridgehead atoms. The van der Waals surface area contributed by atoms with Crippen LogP contribution in [0, 0.1) is 5.92 Å². The van der Waals surface area contributed by atoms with Gasteiger partial charge in [-0.3, -0.25) is 0 Å². The van der Waals surface area contributed by atoms with E-state index in [4.69, 9.17) is 0 Å². The highest BCUT2D eigenvalue weighted by Crippen LogP contribution is 2.20. The molecule has 12 heavy (non-hydrogen) atoms. The summed E-state index contributed by atoms with van der Waals surface area (Å²) in [6.45, 7) is 10.9. The summed E-state index contributed by atoms with van der Waals surface area (Å²) in [6.07, 6.45) is 4.02. The zero-order valence-corrected chi connectivity index (χ0v) is 9.35. The summed E-state index contributed by atoms with van der Waals surface area (Å²) in [4.78, 5) is 0. The zero-order valence-electron chi connectivity index (χ0n) is 9.35. The molecule has 0 aromatic rings. The lowest BCUT2D eigenvalue weighted by atomic mass is 9.89. The number of hydrogen-bond donors (Lipinski definition) is 1. The fourth-order valence-electron chi connectivity index (χ4n) is 2.01. The van der Waals surface area contributed by atoms with Crippen LogP contribution in [0.3, 0.4) is 0 Å². The van der Waals surface area contributed by atoms with E-state index in [1.54, 1.807) is 0 Å². The molecule has 1 heterocycles. The number of piperidine rings is 1. The van der Waals surface area contributed by atoms with Crippen molar-refractivity contribution in [2.24, 2.45) is 5.92 Å². The quantitative estimate of drug-likeness (QED) is 0.639. The summed E-state index contributed by atoms with van der Waals surface area (Å²) < 4.78 is 0. The van der Waals surface area contributed by atoms with Gasteiger partial charge in [-0.05, 0) is 32.1 Å². The van der Waals surface area contributed by atoms with Gasteiger partial charge in [0.1, 0.15) is 0 Å². The highest BCUT2D eigenvalue weighted by atomic mass is 15.0. The first-order chi connectivity index (χ1) is 5.72. The second-order valence-electron chi connectivity index (χ2n) is 3.75. The molecule has 3 atom stereocenters. The number of hydrogen-bond acceptors (Lipinski definition) is 1. The Morgan fingerprint density at radius 1 is 1.17 bits per heavy atom. The van der Waals surface area contributed by atoms with E-state index in [2.05, 4.69) is 26.1 Å². The van der Waals surface area contributed by atoms with Gasteiger partial charge < -0.3 is 5.32 Å². The first-order valence-electron chi connectivity index (χ1n) is 5.48. The van der Waals surface area contributed by atoms with Gasteiger partial charge in [-0.15, -0.1) is 0 Å². The number of nitrogens with one attached hydrogen (secondary N) is 1. The highest BCUT2D eigenvalue weighted by molar-refractivity contribution is 4.80. The van der Waals surface area contributed by atoms with E-state index in [-0.39, 0.29) is 0 Å². The molecule has 0 saturated carbocycles. The minimum Gasteiger partial charge on any atom is -0.311 e. The first kappa shape index (κ1) is 12.0. The second-order valence-corrected chi connectivity index (χ2v) is 3.75. The molecule has 1 nitrogen and oxygen atoms in total. The molecule has 1 heteroatoms. The maximum absolute atomic E-state index is 3.60. The van der Waals surface area contributed by atoms with Gasteiger partial charge in [0.15, 0.2) is 0 Å². The summed E-state index contributed by atoms with van der Waals surface area (Å²) in [5.74, 6) is 0.932. The molecule has 1 saturated heterocycles. The van der Waals surface area contributed by atoms with Gasteiger partial charge in [0, 0.05) is 12.1 Å². The molecule has 0 aromatic heterocycles. The molecule has 1 N–H and O–H groups in total. The smallest absolute Gasteiger partial charge is 0.00694 e. The molecular weight excluding hydrogens is 146 g/mol. The molecule has 1 aliphatic rings. The van der Waals surface area contributed by atoms with Crippen LogP contribution in [-0.4, -0.2) is 12.1 Å². The average Bonchev–Trinajstić information content (AvgIpc) is 2.06. The van der Waals surface area contributed by atoms with E-state index in [9.17, 15) is 0 Å². The van der Waals surface area contributed by atoms with E-state index in [0.29, 0.717) is 0 Å². The monoisotopic (exact) mass is 171 g/mol. The summed E-state index contributed by atoms with van der Waals surface area (Å²) in [5.41, 5.74) is 0. The predicted molar refractivity (Wildman–Crippen MR) is 56.4 cm³/mol. The fourth-order valence-corrected chi connectivity index (χ4v) is 2.01. The lowest BCUT2D eigenvalue weighted by Gasteiger charge is -2.32. The van der Waals surface area contributed by atoms with Crippen LogP contribution in [0.4, 0.5) is 0 Å². The third-order valence-electron chi connectivity index (χ3n) is 2.46. The van der Waals surface area contributed by atoms with Gasteiger partial charge in [-0.1, -0.05) is 27.7 Å². The van der Waals surface area contributed by atoms with Gasteiger partial charge in [0.25, 0.3) is 0 Å². The highest BCUT2D eigenvalue weighted by Gasteiger charge is 2.20. The molecule has 0 aliphatic carbocycles. The van der Waals surface area contributed by atoms with E-state index in [1.807, 2.05) is 13.8 Å². The third kappa shape index (κ3) is 4.10. The Kier molecular flexibility index (Phi) is 6.45. The predicted octanol–water partition coefficient (Wildman–Crippen LogP) is 3.20. The van der Waals surface area contributed by atoms with Crippen LogP contribution in [0.15, 0.2) is 0 Å². The molecule has 1 fully saturated rings. The van der Waals surface area contributed by atoms with Crippen molar-refractivity contribution in [3.63, 3.8) is 0 Å². The maximum Gasteiger partial charge on any atom is 0.00694 e. The Morgan fingerprint density at radius 3 is 2.17 bits per heavy atom. The Labute approximate surface area is 77.9 Å². The minimum atomic E-state index is 0.744. The minimum absolute atomic E-state index is 0.744. The molecule has 0 spiro atoms. The normalized spacial score (nSPS) is 35.2. The van der Waals surface area contributed by atoms with Crippen molar-refractivity contribution in [2.45, 2.75) is 66.0 Å². The van der Waals surface area contributed by atoms with Crippen LogP contribution in [0.2, 0.25) is 0 Å². The maximum atomic E-state index is 3.60. The Hall–Kier alpha value is -0.0400. The van der Waals surface area contributed by atoms with E-state index >= 15 is 0 Å². The molecule has 1 aliphatic heterocycles. The topological polar surface area (TPSA) is 12.0 Å². The van der Waals surface area contributed by atoms with Crippen LogP contribution in [0.25, 0.3) is 0 Å². The van der Waals surface area contributed by atoms with E-state index < -0.39 is 0 Å². The van der Waals surface area contributed by atoms with Gasteiger partial charge in [0.05, 0.1) is 0 Å². The SMILES string of the molecule is CC.CCC1CC(C)CC(C)N1. The second kappa shape index (κ2) is 6.47. The van der Waals surface area contributed by atoms with Crippen LogP contribution < -0.4 is 5.32 Å². The van der Waals surface area contributed by atoms with Crippen LogP contribution in [-0.2, 0) is 0 Å². The van der Waals surface area contributed by atoms with Crippen molar-refractivity contribution in [1.29, 1.82) is 0 Å². The summed E-state index contributed by atoms with van der Waals surface area (Å²) >= 11 is 0. The van der Waals surface area contributed by atoms with Gasteiger partial charge >= 0.3 is 0 Å². The van der Waals surface area contributed by atoms with Crippen molar-refractivity contribution in [1.82, 2.24) is 5.32 Å². The fraction of sp³-hybridized carbons (Fsp3) is 1.00. The summed E-state index contributed by atoms with van der Waals surface area (Å²) in [7, 11) is 0. The number of rotatable bonds is 1. The summed E-state index contributed by atoms with van der Waals surface area (Å²) in [5, 5.41) is 3.60. The Bertz CT molecular complexity index is 91.2. The first-order valence-corrected chi connectivity index (χ1v) is 5.48. The van der Waals surface area contributed by atoms with E-state index in [0.717, 1.165) is 18.0 Å². The Balaban J connectivity index is 0.000000561. The summed E-state index contributed by atoms with van der Waals surface area (Å²) in [6, 6.07) is 1.53. The van der Waals surface area contributed by atoms with Crippen molar-refractivity contribution >= 4 is 0 Å². The molecular formula is C11H25N. The van der Waals surface area contributed by atoms with Crippen LogP contribution in [0.1, 0.15) is 53.9 Å².